The van der Waals surface area contributed by atoms with Gasteiger partial charge in [0.2, 0.25) is 0 Å². The van der Waals surface area contributed by atoms with Gasteiger partial charge in [0, 0.05) is 6.42 Å². The molecule has 1 rings (SSSR count). The van der Waals surface area contributed by atoms with Crippen LogP contribution >= 0.6 is 0 Å². The maximum absolute atomic E-state index is 8.85. The van der Waals surface area contributed by atoms with Gasteiger partial charge in [0.05, 0.1) is 13.2 Å². The summed E-state index contributed by atoms with van der Waals surface area (Å²) in [6.07, 6.45) is 1.78. The van der Waals surface area contributed by atoms with Gasteiger partial charge in [-0.1, -0.05) is 18.2 Å². The number of ether oxygens (including phenoxy) is 3. The van der Waals surface area contributed by atoms with Crippen LogP contribution in [0.25, 0.3) is 0 Å². The molecule has 0 aromatic heterocycles. The van der Waals surface area contributed by atoms with Gasteiger partial charge in [0.25, 0.3) is 0 Å². The van der Waals surface area contributed by atoms with E-state index in [9.17, 15) is 0 Å². The summed E-state index contributed by atoms with van der Waals surface area (Å²) in [5.41, 5.74) is 0. The van der Waals surface area contributed by atoms with Gasteiger partial charge in [-0.25, -0.2) is 0 Å². The highest BCUT2D eigenvalue weighted by atomic mass is 16.7. The summed E-state index contributed by atoms with van der Waals surface area (Å²) >= 11 is 0. The van der Waals surface area contributed by atoms with Crippen molar-refractivity contribution < 1.29 is 19.3 Å². The van der Waals surface area contributed by atoms with Crippen LogP contribution in [0.3, 0.4) is 0 Å². The molecule has 1 aromatic rings. The van der Waals surface area contributed by atoms with Gasteiger partial charge in [-0.2, -0.15) is 0 Å². The monoisotopic (exact) mass is 252 g/mol. The Morgan fingerprint density at radius 2 is 2.00 bits per heavy atom. The molecule has 18 heavy (non-hydrogen) atoms. The number of para-hydroxylation sites is 1. The Labute approximate surface area is 108 Å². The molecule has 0 saturated heterocycles. The van der Waals surface area contributed by atoms with Crippen LogP contribution in [0, 0.1) is 0 Å². The lowest BCUT2D eigenvalue weighted by Gasteiger charge is -2.15. The molecule has 0 aliphatic rings. The topological polar surface area (TPSA) is 47.9 Å². The van der Waals surface area contributed by atoms with Crippen molar-refractivity contribution >= 4 is 0 Å². The molecule has 0 aliphatic heterocycles. The van der Waals surface area contributed by atoms with Crippen LogP contribution < -0.4 is 4.74 Å². The number of allylic oxidation sites excluding steroid dienone is 1. The first-order valence-electron chi connectivity index (χ1n) is 5.99. The molecule has 0 radical (unpaired) electrons. The molecule has 0 aliphatic carbocycles. The van der Waals surface area contributed by atoms with Crippen molar-refractivity contribution in [1.29, 1.82) is 0 Å². The van der Waals surface area contributed by atoms with E-state index in [2.05, 4.69) is 0 Å². The maximum atomic E-state index is 8.85. The molecule has 0 fully saturated rings. The molecule has 4 heteroatoms. The lowest BCUT2D eigenvalue weighted by Crippen LogP contribution is -2.17. The van der Waals surface area contributed by atoms with Gasteiger partial charge < -0.3 is 19.3 Å². The first-order valence-corrected chi connectivity index (χ1v) is 5.99. The molecule has 0 bridgehead atoms. The van der Waals surface area contributed by atoms with Crippen molar-refractivity contribution in [3.8, 4) is 5.75 Å². The van der Waals surface area contributed by atoms with Gasteiger partial charge in [-0.15, -0.1) is 0 Å². The van der Waals surface area contributed by atoms with E-state index in [1.54, 1.807) is 6.92 Å². The number of hydrogen-bond donors (Lipinski definition) is 1. The zero-order valence-electron chi connectivity index (χ0n) is 10.8. The van der Waals surface area contributed by atoms with Crippen LogP contribution in [0.15, 0.2) is 42.4 Å². The highest BCUT2D eigenvalue weighted by Crippen LogP contribution is 2.11. The molecule has 0 spiro atoms. The third-order valence-electron chi connectivity index (χ3n) is 2.06. The van der Waals surface area contributed by atoms with E-state index in [0.717, 1.165) is 12.2 Å². The highest BCUT2D eigenvalue weighted by Gasteiger charge is 2.02. The zero-order valence-corrected chi connectivity index (χ0v) is 10.8. The molecule has 0 saturated carbocycles. The van der Waals surface area contributed by atoms with Gasteiger partial charge in [0.1, 0.15) is 17.8 Å². The Hall–Kier alpha value is -1.68. The Kier molecular flexibility index (Phi) is 6.72. The molecule has 0 heterocycles. The molecule has 1 unspecified atom stereocenters. The second-order valence-corrected chi connectivity index (χ2v) is 3.85. The van der Waals surface area contributed by atoms with Crippen LogP contribution in [-0.4, -0.2) is 24.6 Å². The van der Waals surface area contributed by atoms with E-state index in [1.807, 2.05) is 37.3 Å². The summed E-state index contributed by atoms with van der Waals surface area (Å²) in [5, 5.41) is 8.85. The number of aliphatic hydroxyl groups excluding tert-OH is 1. The predicted octanol–water partition coefficient (Wildman–Crippen LogP) is 3.25. The third kappa shape index (κ3) is 6.81. The number of benzene rings is 1. The minimum Gasteiger partial charge on any atom is -0.509 e. The Bertz CT molecular complexity index is 344. The second kappa shape index (κ2) is 8.42. The van der Waals surface area contributed by atoms with E-state index >= 15 is 0 Å². The highest BCUT2D eigenvalue weighted by molar-refractivity contribution is 5.20. The average molecular weight is 252 g/mol. The van der Waals surface area contributed by atoms with Crippen LogP contribution in [0.2, 0.25) is 0 Å². The van der Waals surface area contributed by atoms with Crippen LogP contribution in [0.5, 0.6) is 5.75 Å². The van der Waals surface area contributed by atoms with Crippen molar-refractivity contribution in [2.45, 2.75) is 26.6 Å². The second-order valence-electron chi connectivity index (χ2n) is 3.85. The van der Waals surface area contributed by atoms with E-state index in [1.165, 1.54) is 6.26 Å². The van der Waals surface area contributed by atoms with Gasteiger partial charge in [0.15, 0.2) is 6.29 Å². The van der Waals surface area contributed by atoms with E-state index < -0.39 is 0 Å². The molecule has 1 N–H and O–H groups in total. The van der Waals surface area contributed by atoms with Crippen LogP contribution in [0.4, 0.5) is 0 Å². The van der Waals surface area contributed by atoms with Crippen molar-refractivity contribution in [3.63, 3.8) is 0 Å². The van der Waals surface area contributed by atoms with E-state index in [4.69, 9.17) is 19.3 Å². The molecular formula is C14H20O4. The summed E-state index contributed by atoms with van der Waals surface area (Å²) in [6.45, 7) is 4.47. The first-order chi connectivity index (χ1) is 8.68. The van der Waals surface area contributed by atoms with Crippen molar-refractivity contribution in [2.24, 2.45) is 0 Å². The largest absolute Gasteiger partial charge is 0.509 e. The summed E-state index contributed by atoms with van der Waals surface area (Å²) in [6, 6.07) is 9.54. The van der Waals surface area contributed by atoms with Gasteiger partial charge in [-0.3, -0.25) is 0 Å². The minimum atomic E-state index is -0.289. The van der Waals surface area contributed by atoms with Gasteiger partial charge in [-0.05, 0) is 26.0 Å². The molecule has 1 atom stereocenters. The Morgan fingerprint density at radius 1 is 1.28 bits per heavy atom. The Morgan fingerprint density at radius 3 is 2.67 bits per heavy atom. The lowest BCUT2D eigenvalue weighted by atomic mass is 10.3. The van der Waals surface area contributed by atoms with Crippen molar-refractivity contribution in [3.05, 3.63) is 42.4 Å². The quantitative estimate of drug-likeness (QED) is 0.438. The normalized spacial score (nSPS) is 13.1. The summed E-state index contributed by atoms with van der Waals surface area (Å²) in [7, 11) is 0. The standard InChI is InChI=1S/C14H20O4/c1-12(15)11-16-9-6-10-17-13(2)18-14-7-4-3-5-8-14/h3-5,7-8,11,13,15H,6,9-10H2,1-2H3/b12-11+. The predicted molar refractivity (Wildman–Crippen MR) is 69.4 cm³/mol. The lowest BCUT2D eigenvalue weighted by molar-refractivity contribution is -0.0699. The maximum Gasteiger partial charge on any atom is 0.196 e. The summed E-state index contributed by atoms with van der Waals surface area (Å²) in [4.78, 5) is 0. The van der Waals surface area contributed by atoms with Gasteiger partial charge >= 0.3 is 0 Å². The SMILES string of the molecule is C/C(O)=C\OCCCOC(C)Oc1ccccc1. The smallest absolute Gasteiger partial charge is 0.196 e. The fourth-order valence-corrected chi connectivity index (χ4v) is 1.30. The van der Waals surface area contributed by atoms with E-state index in [0.29, 0.717) is 13.2 Å². The molecule has 0 amide bonds. The number of hydrogen-bond acceptors (Lipinski definition) is 4. The van der Waals surface area contributed by atoms with Crippen molar-refractivity contribution in [1.82, 2.24) is 0 Å². The third-order valence-corrected chi connectivity index (χ3v) is 2.06. The summed E-state index contributed by atoms with van der Waals surface area (Å²) in [5.74, 6) is 0.955. The Balaban J connectivity index is 2.07. The average Bonchev–Trinajstić information content (AvgIpc) is 2.34. The molecule has 100 valence electrons. The first kappa shape index (κ1) is 14.4. The summed E-state index contributed by atoms with van der Waals surface area (Å²) < 4.78 is 16.1. The zero-order chi connectivity index (χ0) is 13.2. The van der Waals surface area contributed by atoms with Crippen LogP contribution in [0.1, 0.15) is 20.3 Å². The van der Waals surface area contributed by atoms with Crippen LogP contribution in [-0.2, 0) is 9.47 Å². The molecule has 1 aromatic carbocycles. The van der Waals surface area contributed by atoms with Crippen molar-refractivity contribution in [2.75, 3.05) is 13.2 Å². The van der Waals surface area contributed by atoms with E-state index in [-0.39, 0.29) is 12.0 Å². The molecule has 4 nitrogen and oxygen atoms in total. The fraction of sp³-hybridized carbons (Fsp3) is 0.429. The fourth-order valence-electron chi connectivity index (χ4n) is 1.30. The minimum absolute atomic E-state index is 0.164. The number of aliphatic hydroxyl groups is 1. The number of rotatable bonds is 8. The molecular weight excluding hydrogens is 232 g/mol.